The van der Waals surface area contributed by atoms with Crippen LogP contribution in [0.5, 0.6) is 17.4 Å². The van der Waals surface area contributed by atoms with Crippen molar-refractivity contribution in [3.8, 4) is 17.4 Å². The third-order valence-electron chi connectivity index (χ3n) is 4.75. The molecule has 1 aromatic heterocycles. The van der Waals surface area contributed by atoms with Gasteiger partial charge in [0.05, 0.1) is 7.11 Å². The number of carbonyl (C=O) groups excluding carboxylic acids is 1. The predicted octanol–water partition coefficient (Wildman–Crippen LogP) is 4.47. The van der Waals surface area contributed by atoms with E-state index in [0.717, 1.165) is 11.3 Å². The van der Waals surface area contributed by atoms with Crippen LogP contribution in [-0.4, -0.2) is 18.0 Å². The molecule has 1 aliphatic rings. The Morgan fingerprint density at radius 1 is 1.15 bits per heavy atom. The Hall–Kier alpha value is -2.56. The third-order valence-corrected chi connectivity index (χ3v) is 4.75. The summed E-state index contributed by atoms with van der Waals surface area (Å²) in [6.45, 7) is 0.498. The number of methoxy groups -OCH3 is 1. The maximum Gasteiger partial charge on any atom is 0.220 e. The molecule has 2 aromatic rings. The molecule has 1 saturated carbocycles. The Labute approximate surface area is 154 Å². The number of hydrogen-bond donors (Lipinski definition) is 1. The van der Waals surface area contributed by atoms with Crippen LogP contribution in [0.4, 0.5) is 0 Å². The second-order valence-corrected chi connectivity index (χ2v) is 6.77. The first-order valence-corrected chi connectivity index (χ1v) is 9.26. The smallest absolute Gasteiger partial charge is 0.220 e. The normalized spacial score (nSPS) is 14.7. The Balaban J connectivity index is 1.47. The molecule has 0 bridgehead atoms. The number of carbonyl (C=O) groups is 1. The summed E-state index contributed by atoms with van der Waals surface area (Å²) in [6, 6.07) is 11.1. The first kappa shape index (κ1) is 18.2. The minimum atomic E-state index is 0.133. The number of ether oxygens (including phenoxy) is 2. The highest BCUT2D eigenvalue weighted by atomic mass is 16.5. The summed E-state index contributed by atoms with van der Waals surface area (Å²) in [6.07, 6.45) is 8.58. The number of hydrogen-bond acceptors (Lipinski definition) is 4. The van der Waals surface area contributed by atoms with Gasteiger partial charge in [0, 0.05) is 31.3 Å². The van der Waals surface area contributed by atoms with E-state index in [9.17, 15) is 4.79 Å². The van der Waals surface area contributed by atoms with Crippen LogP contribution in [-0.2, 0) is 11.3 Å². The van der Waals surface area contributed by atoms with E-state index < -0.39 is 0 Å². The van der Waals surface area contributed by atoms with Crippen molar-refractivity contribution in [3.05, 3.63) is 48.2 Å². The third kappa shape index (κ3) is 5.48. The Morgan fingerprint density at radius 2 is 1.96 bits per heavy atom. The van der Waals surface area contributed by atoms with E-state index in [1.54, 1.807) is 19.4 Å². The van der Waals surface area contributed by atoms with Crippen LogP contribution in [0.25, 0.3) is 0 Å². The number of pyridine rings is 1. The molecule has 0 aliphatic heterocycles. The molecule has 0 spiro atoms. The Bertz CT molecular complexity index is 709. The minimum Gasteiger partial charge on any atom is -0.497 e. The zero-order chi connectivity index (χ0) is 18.2. The average Bonchev–Trinajstić information content (AvgIpc) is 2.68. The zero-order valence-electron chi connectivity index (χ0n) is 15.2. The summed E-state index contributed by atoms with van der Waals surface area (Å²) in [7, 11) is 1.62. The fourth-order valence-electron chi connectivity index (χ4n) is 3.29. The van der Waals surface area contributed by atoms with Crippen LogP contribution in [0.1, 0.15) is 44.1 Å². The van der Waals surface area contributed by atoms with Crippen molar-refractivity contribution < 1.29 is 14.3 Å². The highest BCUT2D eigenvalue weighted by Gasteiger charge is 2.16. The van der Waals surface area contributed by atoms with E-state index in [0.29, 0.717) is 30.5 Å². The van der Waals surface area contributed by atoms with Gasteiger partial charge in [-0.3, -0.25) is 4.79 Å². The summed E-state index contributed by atoms with van der Waals surface area (Å²) in [4.78, 5) is 16.4. The first-order chi connectivity index (χ1) is 12.7. The molecule has 0 radical (unpaired) electrons. The summed E-state index contributed by atoms with van der Waals surface area (Å²) >= 11 is 0. The number of amides is 1. The van der Waals surface area contributed by atoms with Gasteiger partial charge in [0.25, 0.3) is 0 Å². The molecule has 1 heterocycles. The van der Waals surface area contributed by atoms with Crippen molar-refractivity contribution in [1.29, 1.82) is 0 Å². The van der Waals surface area contributed by atoms with E-state index >= 15 is 0 Å². The second-order valence-electron chi connectivity index (χ2n) is 6.77. The Morgan fingerprint density at radius 3 is 2.69 bits per heavy atom. The molecule has 1 fully saturated rings. The summed E-state index contributed by atoms with van der Waals surface area (Å²) in [5, 5.41) is 2.99. The molecular weight excluding hydrogens is 328 g/mol. The summed E-state index contributed by atoms with van der Waals surface area (Å²) in [5.74, 6) is 2.61. The number of nitrogens with one attached hydrogen (secondary N) is 1. The number of rotatable bonds is 7. The molecule has 1 aliphatic carbocycles. The van der Waals surface area contributed by atoms with Crippen molar-refractivity contribution in [2.75, 3.05) is 7.11 Å². The topological polar surface area (TPSA) is 60.5 Å². The number of aromatic nitrogens is 1. The van der Waals surface area contributed by atoms with E-state index in [4.69, 9.17) is 9.47 Å². The standard InChI is InChI=1S/C21H26N2O3/c1-25-18-8-5-9-19(13-18)26-21-11-10-17(15-23-21)14-22-20(24)12-16-6-3-2-4-7-16/h5,8-11,13,15-16H,2-4,6-7,12,14H2,1H3,(H,22,24). The SMILES string of the molecule is COc1cccc(Oc2ccc(CNC(=O)CC3CCCCC3)cn2)c1. The van der Waals surface area contributed by atoms with Gasteiger partial charge in [-0.1, -0.05) is 31.4 Å². The maximum absolute atomic E-state index is 12.1. The average molecular weight is 354 g/mol. The van der Waals surface area contributed by atoms with Gasteiger partial charge in [-0.2, -0.15) is 0 Å². The van der Waals surface area contributed by atoms with Crippen LogP contribution in [0, 0.1) is 5.92 Å². The van der Waals surface area contributed by atoms with Gasteiger partial charge < -0.3 is 14.8 Å². The van der Waals surface area contributed by atoms with Crippen molar-refractivity contribution in [3.63, 3.8) is 0 Å². The molecule has 0 unspecified atom stereocenters. The Kier molecular flexibility index (Phi) is 6.47. The van der Waals surface area contributed by atoms with Gasteiger partial charge in [0.15, 0.2) is 0 Å². The maximum atomic E-state index is 12.1. The lowest BCUT2D eigenvalue weighted by molar-refractivity contribution is -0.122. The van der Waals surface area contributed by atoms with Crippen LogP contribution in [0.3, 0.4) is 0 Å². The molecule has 0 atom stereocenters. The predicted molar refractivity (Wildman–Crippen MR) is 100 cm³/mol. The van der Waals surface area contributed by atoms with Gasteiger partial charge in [-0.05, 0) is 36.5 Å². The van der Waals surface area contributed by atoms with Crippen molar-refractivity contribution >= 4 is 5.91 Å². The largest absolute Gasteiger partial charge is 0.497 e. The molecule has 1 N–H and O–H groups in total. The molecule has 0 saturated heterocycles. The number of nitrogens with zero attached hydrogens (tertiary/aromatic N) is 1. The van der Waals surface area contributed by atoms with Crippen molar-refractivity contribution in [1.82, 2.24) is 10.3 Å². The molecule has 3 rings (SSSR count). The van der Waals surface area contributed by atoms with Gasteiger partial charge in [-0.15, -0.1) is 0 Å². The lowest BCUT2D eigenvalue weighted by Gasteiger charge is -2.20. The molecule has 1 amide bonds. The lowest BCUT2D eigenvalue weighted by atomic mass is 9.87. The van der Waals surface area contributed by atoms with Crippen LogP contribution < -0.4 is 14.8 Å². The number of benzene rings is 1. The molecular formula is C21H26N2O3. The second kappa shape index (κ2) is 9.22. The minimum absolute atomic E-state index is 0.133. The lowest BCUT2D eigenvalue weighted by Crippen LogP contribution is -2.25. The van der Waals surface area contributed by atoms with E-state index in [1.807, 2.05) is 30.3 Å². The monoisotopic (exact) mass is 354 g/mol. The van der Waals surface area contributed by atoms with E-state index in [-0.39, 0.29) is 5.91 Å². The van der Waals surface area contributed by atoms with E-state index in [2.05, 4.69) is 10.3 Å². The van der Waals surface area contributed by atoms with Crippen LogP contribution >= 0.6 is 0 Å². The van der Waals surface area contributed by atoms with E-state index in [1.165, 1.54) is 32.1 Å². The molecule has 26 heavy (non-hydrogen) atoms. The van der Waals surface area contributed by atoms with Crippen molar-refractivity contribution in [2.45, 2.75) is 45.1 Å². The van der Waals surface area contributed by atoms with Crippen LogP contribution in [0.15, 0.2) is 42.6 Å². The highest BCUT2D eigenvalue weighted by Crippen LogP contribution is 2.26. The van der Waals surface area contributed by atoms with Crippen LogP contribution in [0.2, 0.25) is 0 Å². The van der Waals surface area contributed by atoms with Gasteiger partial charge in [-0.25, -0.2) is 4.98 Å². The molecule has 1 aromatic carbocycles. The fraction of sp³-hybridized carbons (Fsp3) is 0.429. The zero-order valence-corrected chi connectivity index (χ0v) is 15.2. The molecule has 138 valence electrons. The summed E-state index contributed by atoms with van der Waals surface area (Å²) < 4.78 is 10.9. The first-order valence-electron chi connectivity index (χ1n) is 9.26. The molecule has 5 heteroatoms. The van der Waals surface area contributed by atoms with Gasteiger partial charge in [0.1, 0.15) is 11.5 Å². The highest BCUT2D eigenvalue weighted by molar-refractivity contribution is 5.76. The van der Waals surface area contributed by atoms with Gasteiger partial charge in [0.2, 0.25) is 11.8 Å². The summed E-state index contributed by atoms with van der Waals surface area (Å²) in [5.41, 5.74) is 0.958. The van der Waals surface area contributed by atoms with Crippen molar-refractivity contribution in [2.24, 2.45) is 5.92 Å². The quantitative estimate of drug-likeness (QED) is 0.797. The fourth-order valence-corrected chi connectivity index (χ4v) is 3.29. The van der Waals surface area contributed by atoms with Gasteiger partial charge >= 0.3 is 0 Å². The molecule has 5 nitrogen and oxygen atoms in total.